The normalized spacial score (nSPS) is 23.3. The number of halogens is 4. The van der Waals surface area contributed by atoms with Crippen LogP contribution in [0.1, 0.15) is 42.9 Å². The van der Waals surface area contributed by atoms with Crippen LogP contribution in [0.4, 0.5) is 29.2 Å². The molecule has 3 N–H and O–H groups in total. The molecule has 0 unspecified atom stereocenters. The van der Waals surface area contributed by atoms with Crippen molar-refractivity contribution in [1.29, 1.82) is 0 Å². The maximum atomic E-state index is 13.6. The molecule has 2 aliphatic rings. The summed E-state index contributed by atoms with van der Waals surface area (Å²) in [7, 11) is 0. The van der Waals surface area contributed by atoms with Gasteiger partial charge in [-0.05, 0) is 25.0 Å². The number of ether oxygens (including phenoxy) is 1. The van der Waals surface area contributed by atoms with Crippen molar-refractivity contribution < 1.29 is 32.2 Å². The minimum Gasteiger partial charge on any atom is -0.459 e. The molecule has 2 aromatic rings. The van der Waals surface area contributed by atoms with Crippen molar-refractivity contribution in [2.75, 3.05) is 23.3 Å². The lowest BCUT2D eigenvalue weighted by atomic mass is 9.83. The van der Waals surface area contributed by atoms with Crippen LogP contribution in [0.15, 0.2) is 18.3 Å². The molecule has 0 saturated carbocycles. The van der Waals surface area contributed by atoms with Crippen molar-refractivity contribution in [3.63, 3.8) is 0 Å². The average molecular weight is 443 g/mol. The van der Waals surface area contributed by atoms with E-state index in [9.17, 15) is 27.5 Å². The first-order chi connectivity index (χ1) is 14.6. The van der Waals surface area contributed by atoms with Crippen molar-refractivity contribution in [3.8, 4) is 5.75 Å². The molecule has 1 saturated heterocycles. The van der Waals surface area contributed by atoms with Crippen LogP contribution in [0.3, 0.4) is 0 Å². The Morgan fingerprint density at radius 1 is 1.29 bits per heavy atom. The van der Waals surface area contributed by atoms with Crippen molar-refractivity contribution in [2.24, 2.45) is 0 Å². The van der Waals surface area contributed by atoms with E-state index in [-0.39, 0.29) is 23.0 Å². The lowest BCUT2D eigenvalue weighted by Gasteiger charge is -2.34. The van der Waals surface area contributed by atoms with Crippen LogP contribution >= 0.6 is 0 Å². The SMILES string of the molecule is C[C@H](F)Oc1ccc(N2CCC(c3[nH]nc4c3[C@H](C(F)(F)F)[C@H](O)C(=O)N4)CC2)nc1. The van der Waals surface area contributed by atoms with Crippen molar-refractivity contribution >= 4 is 17.5 Å². The first-order valence-corrected chi connectivity index (χ1v) is 9.80. The fourth-order valence-corrected chi connectivity index (χ4v) is 4.14. The number of piperidine rings is 1. The summed E-state index contributed by atoms with van der Waals surface area (Å²) in [6.45, 7) is 2.31. The van der Waals surface area contributed by atoms with Gasteiger partial charge in [0, 0.05) is 37.2 Å². The molecule has 0 spiro atoms. The number of fused-ring (bicyclic) bond motifs is 1. The van der Waals surface area contributed by atoms with Crippen molar-refractivity contribution in [1.82, 2.24) is 15.2 Å². The number of nitrogens with zero attached hydrogens (tertiary/aromatic N) is 3. The predicted molar refractivity (Wildman–Crippen MR) is 102 cm³/mol. The highest BCUT2D eigenvalue weighted by Gasteiger charge is 2.53. The second-order valence-corrected chi connectivity index (χ2v) is 7.63. The van der Waals surface area contributed by atoms with Crippen LogP contribution in [0.5, 0.6) is 5.75 Å². The number of rotatable bonds is 4. The summed E-state index contributed by atoms with van der Waals surface area (Å²) in [5.74, 6) is -2.93. The van der Waals surface area contributed by atoms with Crippen LogP contribution in [0.2, 0.25) is 0 Å². The van der Waals surface area contributed by atoms with E-state index in [1.165, 1.54) is 13.1 Å². The summed E-state index contributed by atoms with van der Waals surface area (Å²) >= 11 is 0. The molecular formula is C19H21F4N5O3. The summed E-state index contributed by atoms with van der Waals surface area (Å²) in [4.78, 5) is 18.0. The first-order valence-electron chi connectivity index (χ1n) is 9.80. The Morgan fingerprint density at radius 3 is 2.58 bits per heavy atom. The van der Waals surface area contributed by atoms with E-state index < -0.39 is 30.5 Å². The van der Waals surface area contributed by atoms with Crippen molar-refractivity contribution in [3.05, 3.63) is 29.6 Å². The van der Waals surface area contributed by atoms with Gasteiger partial charge >= 0.3 is 6.18 Å². The lowest BCUT2D eigenvalue weighted by Crippen LogP contribution is -2.44. The number of hydrogen-bond donors (Lipinski definition) is 3. The third-order valence-corrected chi connectivity index (χ3v) is 5.57. The number of H-pyrrole nitrogens is 1. The molecule has 4 heterocycles. The lowest BCUT2D eigenvalue weighted by molar-refractivity contribution is -0.177. The summed E-state index contributed by atoms with van der Waals surface area (Å²) in [5.41, 5.74) is 0.0858. The summed E-state index contributed by atoms with van der Waals surface area (Å²) in [6, 6.07) is 3.30. The summed E-state index contributed by atoms with van der Waals surface area (Å²) in [5, 5.41) is 18.6. The Balaban J connectivity index is 1.50. The van der Waals surface area contributed by atoms with Gasteiger partial charge in [-0.2, -0.15) is 18.3 Å². The molecule has 12 heteroatoms. The van der Waals surface area contributed by atoms with Gasteiger partial charge in [-0.1, -0.05) is 0 Å². The standard InChI is InChI=1S/C19H21F4N5O3/c1-9(20)31-11-2-3-12(24-8-11)28-6-4-10(5-7-28)15-13-14(19(21,22)23)16(29)18(30)25-17(13)27-26-15/h2-3,8-10,14,16,29H,4-7H2,1H3,(H2,25,26,27,30)/t9-,14+,16+/m1/s1. The fourth-order valence-electron chi connectivity index (χ4n) is 4.14. The number of amides is 1. The molecule has 8 nitrogen and oxygen atoms in total. The zero-order valence-corrected chi connectivity index (χ0v) is 16.5. The highest BCUT2D eigenvalue weighted by Crippen LogP contribution is 2.47. The molecule has 0 aromatic carbocycles. The number of aromatic amines is 1. The van der Waals surface area contributed by atoms with Crippen LogP contribution in [0.25, 0.3) is 0 Å². The van der Waals surface area contributed by atoms with Crippen LogP contribution < -0.4 is 15.0 Å². The van der Waals surface area contributed by atoms with Gasteiger partial charge in [0.25, 0.3) is 5.91 Å². The van der Waals surface area contributed by atoms with E-state index in [2.05, 4.69) is 20.5 Å². The van der Waals surface area contributed by atoms with Gasteiger partial charge in [-0.15, -0.1) is 0 Å². The zero-order valence-electron chi connectivity index (χ0n) is 16.5. The van der Waals surface area contributed by atoms with Crippen LogP contribution in [-0.2, 0) is 4.79 Å². The number of nitrogens with one attached hydrogen (secondary N) is 2. The summed E-state index contributed by atoms with van der Waals surface area (Å²) in [6.07, 6.45) is -6.01. The molecule has 1 fully saturated rings. The largest absolute Gasteiger partial charge is 0.459 e. The first kappa shape index (κ1) is 21.3. The number of aliphatic hydroxyl groups is 1. The van der Waals surface area contributed by atoms with Gasteiger partial charge in [0.15, 0.2) is 5.82 Å². The number of anilines is 2. The topological polar surface area (TPSA) is 103 Å². The number of carbonyl (C=O) groups excluding carboxylic acids is 1. The quantitative estimate of drug-likeness (QED) is 0.628. The number of alkyl halides is 4. The van der Waals surface area contributed by atoms with Gasteiger partial charge in [0.1, 0.15) is 23.6 Å². The van der Waals surface area contributed by atoms with Crippen LogP contribution in [-0.4, -0.2) is 57.9 Å². The van der Waals surface area contributed by atoms with E-state index >= 15 is 0 Å². The molecule has 3 atom stereocenters. The molecule has 4 rings (SSSR count). The second kappa shape index (κ2) is 7.98. The number of carbonyl (C=O) groups is 1. The van der Waals surface area contributed by atoms with E-state index in [1.807, 2.05) is 4.90 Å². The van der Waals surface area contributed by atoms with Crippen molar-refractivity contribution in [2.45, 2.75) is 50.2 Å². The molecule has 1 amide bonds. The highest BCUT2D eigenvalue weighted by molar-refractivity contribution is 5.97. The van der Waals surface area contributed by atoms with Gasteiger partial charge in [0.05, 0.1) is 6.20 Å². The number of pyridine rings is 1. The third-order valence-electron chi connectivity index (χ3n) is 5.57. The molecule has 0 radical (unpaired) electrons. The van der Waals surface area contributed by atoms with Gasteiger partial charge < -0.3 is 20.1 Å². The third kappa shape index (κ3) is 4.16. The maximum absolute atomic E-state index is 13.6. The van der Waals surface area contributed by atoms with E-state index in [0.29, 0.717) is 37.5 Å². The second-order valence-electron chi connectivity index (χ2n) is 7.63. The number of aliphatic hydroxyl groups excluding tert-OH is 1. The Kier molecular flexibility index (Phi) is 5.50. The molecule has 0 aliphatic carbocycles. The average Bonchev–Trinajstić information content (AvgIpc) is 3.11. The summed E-state index contributed by atoms with van der Waals surface area (Å²) < 4.78 is 58.7. The monoisotopic (exact) mass is 443 g/mol. The van der Waals surface area contributed by atoms with Gasteiger partial charge in [-0.3, -0.25) is 9.89 Å². The minimum atomic E-state index is -4.80. The molecule has 0 bridgehead atoms. The van der Waals surface area contributed by atoms with Crippen LogP contribution in [0, 0.1) is 0 Å². The fraction of sp³-hybridized carbons (Fsp3) is 0.526. The van der Waals surface area contributed by atoms with E-state index in [1.54, 1.807) is 12.1 Å². The highest BCUT2D eigenvalue weighted by atomic mass is 19.4. The molecule has 2 aromatic heterocycles. The molecular weight excluding hydrogens is 422 g/mol. The number of aromatic nitrogens is 3. The van der Waals surface area contributed by atoms with E-state index in [4.69, 9.17) is 4.74 Å². The zero-order chi connectivity index (χ0) is 22.3. The van der Waals surface area contributed by atoms with E-state index in [0.717, 1.165) is 0 Å². The Morgan fingerprint density at radius 2 is 2.00 bits per heavy atom. The molecule has 31 heavy (non-hydrogen) atoms. The Labute approximate surface area is 174 Å². The number of hydrogen-bond acceptors (Lipinski definition) is 6. The van der Waals surface area contributed by atoms with Gasteiger partial charge in [-0.25, -0.2) is 9.37 Å². The smallest absolute Gasteiger partial charge is 0.398 e. The predicted octanol–water partition coefficient (Wildman–Crippen LogP) is 2.84. The maximum Gasteiger partial charge on any atom is 0.398 e. The Bertz CT molecular complexity index is 939. The van der Waals surface area contributed by atoms with Gasteiger partial charge in [0.2, 0.25) is 6.36 Å². The molecule has 168 valence electrons. The minimum absolute atomic E-state index is 0.186. The molecule has 2 aliphatic heterocycles. The Hall–Kier alpha value is -2.89.